The largest absolute Gasteiger partial charge is 0.497 e. The minimum absolute atomic E-state index is 0.0798. The normalized spacial score (nSPS) is 32.3. The highest BCUT2D eigenvalue weighted by Gasteiger charge is 2.78. The van der Waals surface area contributed by atoms with Gasteiger partial charge in [0.1, 0.15) is 22.4 Å². The molecule has 0 unspecified atom stereocenters. The molecule has 5 fully saturated rings. The average Bonchev–Trinajstić information content (AvgIpc) is 3.52. The summed E-state index contributed by atoms with van der Waals surface area (Å²) in [6.07, 6.45) is 2.27. The zero-order valence-electron chi connectivity index (χ0n) is 25.5. The maximum Gasteiger partial charge on any atom is 0.415 e. The van der Waals surface area contributed by atoms with Crippen LogP contribution in [-0.2, 0) is 20.9 Å². The molecule has 2 aromatic rings. The number of carbonyl (C=O) groups is 3. The van der Waals surface area contributed by atoms with Gasteiger partial charge in [0.2, 0.25) is 11.8 Å². The Balaban J connectivity index is 1.38. The monoisotopic (exact) mass is 571 g/mol. The van der Waals surface area contributed by atoms with Crippen molar-refractivity contribution in [3.05, 3.63) is 59.7 Å². The number of anilines is 1. The lowest BCUT2D eigenvalue weighted by molar-refractivity contribution is -0.216. The number of carbonyl (C=O) groups excluding carboxylic acids is 3. The minimum Gasteiger partial charge on any atom is -0.497 e. The highest BCUT2D eigenvalue weighted by Crippen LogP contribution is 2.68. The van der Waals surface area contributed by atoms with Gasteiger partial charge in [0.05, 0.1) is 18.8 Å². The van der Waals surface area contributed by atoms with Gasteiger partial charge in [-0.3, -0.25) is 14.5 Å². The lowest BCUT2D eigenvalue weighted by atomic mass is 9.47. The highest BCUT2D eigenvalue weighted by molar-refractivity contribution is 6.05. The number of methoxy groups -OCH3 is 1. The molecule has 2 bridgehead atoms. The second-order valence-corrected chi connectivity index (χ2v) is 14.5. The van der Waals surface area contributed by atoms with E-state index >= 15 is 0 Å². The Morgan fingerprint density at radius 2 is 1.71 bits per heavy atom. The van der Waals surface area contributed by atoms with Crippen LogP contribution in [0.5, 0.6) is 5.75 Å². The van der Waals surface area contributed by atoms with Gasteiger partial charge in [0.15, 0.2) is 0 Å². The number of rotatable bonds is 3. The second kappa shape index (κ2) is 8.74. The molecule has 3 amide bonds. The molecule has 5 aliphatic heterocycles. The third kappa shape index (κ3) is 3.44. The number of piperidine rings is 2. The van der Waals surface area contributed by atoms with Gasteiger partial charge in [-0.2, -0.15) is 0 Å². The first kappa shape index (κ1) is 27.3. The predicted octanol–water partition coefficient (Wildman–Crippen LogP) is 5.49. The van der Waals surface area contributed by atoms with Crippen molar-refractivity contribution in [2.45, 2.75) is 95.5 Å². The smallest absolute Gasteiger partial charge is 0.415 e. The number of fused-ring (bicyclic) bond motifs is 4. The van der Waals surface area contributed by atoms with Gasteiger partial charge in [-0.25, -0.2) is 4.79 Å². The van der Waals surface area contributed by atoms with Gasteiger partial charge >= 0.3 is 6.09 Å². The fourth-order valence-electron chi connectivity index (χ4n) is 9.32. The topological polar surface area (TPSA) is 79.4 Å². The van der Waals surface area contributed by atoms with E-state index in [1.54, 1.807) is 7.11 Å². The Kier molecular flexibility index (Phi) is 5.68. The number of benzene rings is 2. The quantitative estimate of drug-likeness (QED) is 0.487. The molecule has 4 saturated heterocycles. The average molecular weight is 572 g/mol. The summed E-state index contributed by atoms with van der Waals surface area (Å²) in [6.45, 7) is 11.1. The first-order valence-corrected chi connectivity index (χ1v) is 15.2. The molecule has 5 atom stereocenters. The summed E-state index contributed by atoms with van der Waals surface area (Å²) in [5.41, 5.74) is -0.0844. The van der Waals surface area contributed by atoms with E-state index in [0.717, 1.165) is 29.0 Å². The predicted molar refractivity (Wildman–Crippen MR) is 158 cm³/mol. The number of piperazine rings is 1. The van der Waals surface area contributed by atoms with Crippen LogP contribution in [0.1, 0.15) is 77.3 Å². The Hall–Kier alpha value is -3.55. The van der Waals surface area contributed by atoms with Gasteiger partial charge < -0.3 is 19.3 Å². The second-order valence-electron chi connectivity index (χ2n) is 14.5. The summed E-state index contributed by atoms with van der Waals surface area (Å²) >= 11 is 0. The van der Waals surface area contributed by atoms with E-state index in [4.69, 9.17) is 9.47 Å². The Morgan fingerprint density at radius 3 is 2.40 bits per heavy atom. The van der Waals surface area contributed by atoms with E-state index in [9.17, 15) is 14.4 Å². The number of amides is 3. The fourth-order valence-corrected chi connectivity index (χ4v) is 9.32. The highest BCUT2D eigenvalue weighted by atomic mass is 16.6. The van der Waals surface area contributed by atoms with Crippen molar-refractivity contribution in [1.82, 2.24) is 9.80 Å². The van der Waals surface area contributed by atoms with Crippen LogP contribution in [0.2, 0.25) is 0 Å². The lowest BCUT2D eigenvalue weighted by Gasteiger charge is -2.70. The van der Waals surface area contributed by atoms with E-state index < -0.39 is 22.1 Å². The summed E-state index contributed by atoms with van der Waals surface area (Å²) in [6, 6.07) is 15.6. The molecule has 6 aliphatic rings. The molecule has 2 spiro atoms. The molecule has 8 nitrogen and oxygen atoms in total. The summed E-state index contributed by atoms with van der Waals surface area (Å²) in [5, 5.41) is 0. The Morgan fingerprint density at radius 1 is 1.00 bits per heavy atom. The molecule has 0 aromatic heterocycles. The third-order valence-corrected chi connectivity index (χ3v) is 10.9. The molecule has 5 heterocycles. The van der Waals surface area contributed by atoms with Crippen molar-refractivity contribution >= 4 is 23.6 Å². The maximum atomic E-state index is 14.9. The van der Waals surface area contributed by atoms with Crippen molar-refractivity contribution in [3.63, 3.8) is 0 Å². The SMILES string of the molecule is COc1ccc(CN2C(=O)[C@]34CCCN3C(=O)[C@]23C[C@H]2c5ccccc5N(C(=O)OC(C)(C)C)[C@H]2C(C)(C)[C@@H]3C4)cc1. The number of nitrogens with zero attached hydrogens (tertiary/aromatic N) is 3. The molecular weight excluding hydrogens is 530 g/mol. The van der Waals surface area contributed by atoms with Gasteiger partial charge in [-0.15, -0.1) is 0 Å². The molecular formula is C34H41N3O5. The number of para-hydroxylation sites is 1. The van der Waals surface area contributed by atoms with Crippen molar-refractivity contribution in [2.75, 3.05) is 18.6 Å². The number of ether oxygens (including phenoxy) is 2. The zero-order chi connectivity index (χ0) is 29.8. The van der Waals surface area contributed by atoms with Crippen LogP contribution in [-0.4, -0.2) is 64.1 Å². The molecule has 0 radical (unpaired) electrons. The van der Waals surface area contributed by atoms with Crippen LogP contribution >= 0.6 is 0 Å². The van der Waals surface area contributed by atoms with Crippen molar-refractivity contribution in [2.24, 2.45) is 11.3 Å². The molecule has 2 aromatic carbocycles. The molecule has 0 N–H and O–H groups in total. The minimum atomic E-state index is -0.995. The van der Waals surface area contributed by atoms with E-state index in [2.05, 4.69) is 19.9 Å². The molecule has 1 saturated carbocycles. The Labute approximate surface area is 247 Å². The lowest BCUT2D eigenvalue weighted by Crippen LogP contribution is -2.85. The van der Waals surface area contributed by atoms with E-state index in [1.807, 2.05) is 77.9 Å². The van der Waals surface area contributed by atoms with Crippen LogP contribution in [0, 0.1) is 11.3 Å². The van der Waals surface area contributed by atoms with E-state index in [-0.39, 0.29) is 35.8 Å². The molecule has 222 valence electrons. The molecule has 1 aliphatic carbocycles. The zero-order valence-corrected chi connectivity index (χ0v) is 25.5. The first-order valence-electron chi connectivity index (χ1n) is 15.2. The van der Waals surface area contributed by atoms with Crippen LogP contribution in [0.3, 0.4) is 0 Å². The van der Waals surface area contributed by atoms with Gasteiger partial charge in [0, 0.05) is 24.9 Å². The summed E-state index contributed by atoms with van der Waals surface area (Å²) < 4.78 is 11.4. The van der Waals surface area contributed by atoms with E-state index in [1.165, 1.54) is 0 Å². The first-order chi connectivity index (χ1) is 19.8. The third-order valence-electron chi connectivity index (χ3n) is 10.9. The molecule has 8 heteroatoms. The molecule has 42 heavy (non-hydrogen) atoms. The van der Waals surface area contributed by atoms with Crippen molar-refractivity contribution < 1.29 is 23.9 Å². The summed E-state index contributed by atoms with van der Waals surface area (Å²) in [5.74, 6) is 0.677. The van der Waals surface area contributed by atoms with Gasteiger partial charge in [0.25, 0.3) is 0 Å². The van der Waals surface area contributed by atoms with Crippen LogP contribution in [0.15, 0.2) is 48.5 Å². The van der Waals surface area contributed by atoms with E-state index in [0.29, 0.717) is 32.4 Å². The van der Waals surface area contributed by atoms with Gasteiger partial charge in [-0.1, -0.05) is 44.2 Å². The summed E-state index contributed by atoms with van der Waals surface area (Å²) in [4.78, 5) is 49.1. The molecule has 8 rings (SSSR count). The van der Waals surface area contributed by atoms with Gasteiger partial charge in [-0.05, 0) is 81.2 Å². The van der Waals surface area contributed by atoms with Crippen molar-refractivity contribution in [1.29, 1.82) is 0 Å². The fraction of sp³-hybridized carbons (Fsp3) is 0.559. The van der Waals surface area contributed by atoms with Crippen LogP contribution in [0.25, 0.3) is 0 Å². The standard InChI is InChI=1S/C34H41N3O5/c1-31(2,3)42-30(40)37-25-11-8-7-10-23(25)24-18-34-26(32(4,5)27(24)37)19-33(16-9-17-35(33)29(34)39)28(38)36(34)20-21-12-14-22(41-6)15-13-21/h7-8,10-15,24,26-27H,9,16-20H2,1-6H3/t24-,26-,27+,33+,34+/m0/s1. The number of hydrogen-bond acceptors (Lipinski definition) is 5. The Bertz CT molecular complexity index is 1480. The summed E-state index contributed by atoms with van der Waals surface area (Å²) in [7, 11) is 1.64. The number of hydrogen-bond donors (Lipinski definition) is 0. The van der Waals surface area contributed by atoms with Crippen LogP contribution in [0.4, 0.5) is 10.5 Å². The van der Waals surface area contributed by atoms with Crippen molar-refractivity contribution in [3.8, 4) is 5.75 Å². The maximum absolute atomic E-state index is 14.9. The van der Waals surface area contributed by atoms with Crippen LogP contribution < -0.4 is 9.64 Å².